The van der Waals surface area contributed by atoms with E-state index in [0.29, 0.717) is 12.1 Å². The Kier molecular flexibility index (Phi) is 12.7. The van der Waals surface area contributed by atoms with Gasteiger partial charge in [-0.1, -0.05) is 0 Å². The van der Waals surface area contributed by atoms with Gasteiger partial charge >= 0.3 is 5.97 Å². The van der Waals surface area contributed by atoms with Crippen LogP contribution in [0.3, 0.4) is 0 Å². The van der Waals surface area contributed by atoms with Crippen LogP contribution in [0.2, 0.25) is 0 Å². The second kappa shape index (κ2) is 15.4. The summed E-state index contributed by atoms with van der Waals surface area (Å²) in [5.74, 6) is -6.41. The summed E-state index contributed by atoms with van der Waals surface area (Å²) in [7, 11) is 0. The molecule has 18 nitrogen and oxygen atoms in total. The van der Waals surface area contributed by atoms with Crippen LogP contribution >= 0.6 is 0 Å². The third-order valence-electron chi connectivity index (χ3n) is 4.97. The lowest BCUT2D eigenvalue weighted by Gasteiger charge is -2.24. The molecule has 0 fully saturated rings. The first-order chi connectivity index (χ1) is 17.8. The minimum absolute atomic E-state index is 0.132. The Labute approximate surface area is 216 Å². The van der Waals surface area contributed by atoms with Gasteiger partial charge in [-0.3, -0.25) is 29.0 Å². The van der Waals surface area contributed by atoms with Crippen molar-refractivity contribution >= 4 is 41.5 Å². The highest BCUT2D eigenvalue weighted by molar-refractivity contribution is 5.97. The zero-order valence-corrected chi connectivity index (χ0v) is 20.4. The van der Waals surface area contributed by atoms with Crippen molar-refractivity contribution in [2.24, 2.45) is 33.7 Å². The summed E-state index contributed by atoms with van der Waals surface area (Å²) in [6.07, 6.45) is 1.58. The number of guanidine groups is 1. The van der Waals surface area contributed by atoms with E-state index < -0.39 is 72.5 Å². The number of nitrogens with two attached hydrogens (primary N) is 5. The van der Waals surface area contributed by atoms with Gasteiger partial charge in [-0.05, 0) is 12.8 Å². The summed E-state index contributed by atoms with van der Waals surface area (Å²) in [6.45, 7) is 0.204. The topological polar surface area (TPSA) is 330 Å². The molecule has 0 aromatic carbocycles. The Morgan fingerprint density at radius 2 is 1.42 bits per heavy atom. The lowest BCUT2D eigenvalue weighted by atomic mass is 10.1. The Hall–Kier alpha value is -4.74. The average molecular weight is 540 g/mol. The minimum Gasteiger partial charge on any atom is -0.480 e. The second-order valence-electron chi connectivity index (χ2n) is 8.20. The Bertz CT molecular complexity index is 1020. The molecule has 4 atom stereocenters. The quantitative estimate of drug-likeness (QED) is 0.0505. The lowest BCUT2D eigenvalue weighted by Crippen LogP contribution is -2.58. The summed E-state index contributed by atoms with van der Waals surface area (Å²) in [5, 5.41) is 16.1. The molecule has 0 radical (unpaired) electrons. The highest BCUT2D eigenvalue weighted by atomic mass is 16.4. The van der Waals surface area contributed by atoms with Crippen LogP contribution in [-0.4, -0.2) is 87.3 Å². The van der Waals surface area contributed by atoms with Crippen LogP contribution in [0, 0.1) is 0 Å². The van der Waals surface area contributed by atoms with Crippen molar-refractivity contribution in [2.45, 2.75) is 56.3 Å². The minimum atomic E-state index is -1.64. The SMILES string of the molecule is NC(=O)CC(NC(=O)C(N)CCCN=C(N)N)C(=O)NC(CC(N)=O)C(=O)NC(Cc1cnc[nH]1)C(=O)O. The molecule has 15 N–H and O–H groups in total. The number of aliphatic carboxylic acids is 1. The molecule has 0 bridgehead atoms. The summed E-state index contributed by atoms with van der Waals surface area (Å²) < 4.78 is 0. The van der Waals surface area contributed by atoms with Crippen LogP contribution in [0.15, 0.2) is 17.5 Å². The van der Waals surface area contributed by atoms with Gasteiger partial charge in [0.25, 0.3) is 0 Å². The number of carboxylic acids is 1. The average Bonchev–Trinajstić information content (AvgIpc) is 3.32. The zero-order chi connectivity index (χ0) is 28.8. The number of aromatic amines is 1. The molecule has 38 heavy (non-hydrogen) atoms. The Morgan fingerprint density at radius 3 is 1.87 bits per heavy atom. The number of H-pyrrole nitrogens is 1. The number of imidazole rings is 1. The van der Waals surface area contributed by atoms with Crippen LogP contribution in [0.1, 0.15) is 31.4 Å². The van der Waals surface area contributed by atoms with Gasteiger partial charge in [0.2, 0.25) is 29.5 Å². The molecule has 0 aliphatic carbocycles. The first kappa shape index (κ1) is 31.3. The molecule has 1 heterocycles. The number of hydrogen-bond donors (Lipinski definition) is 10. The molecule has 0 spiro atoms. The van der Waals surface area contributed by atoms with E-state index in [1.54, 1.807) is 0 Å². The van der Waals surface area contributed by atoms with Gasteiger partial charge in [-0.25, -0.2) is 9.78 Å². The second-order valence-corrected chi connectivity index (χ2v) is 8.20. The maximum Gasteiger partial charge on any atom is 0.326 e. The van der Waals surface area contributed by atoms with Gasteiger partial charge in [-0.15, -0.1) is 0 Å². The molecular weight excluding hydrogens is 506 g/mol. The van der Waals surface area contributed by atoms with E-state index in [9.17, 15) is 33.9 Å². The van der Waals surface area contributed by atoms with Crippen LogP contribution in [0.5, 0.6) is 0 Å². The maximum atomic E-state index is 12.9. The van der Waals surface area contributed by atoms with E-state index in [1.165, 1.54) is 12.5 Å². The number of nitrogens with zero attached hydrogens (tertiary/aromatic N) is 2. The molecule has 210 valence electrons. The maximum absolute atomic E-state index is 12.9. The van der Waals surface area contributed by atoms with E-state index in [4.69, 9.17) is 28.7 Å². The van der Waals surface area contributed by atoms with Crippen molar-refractivity contribution in [1.29, 1.82) is 0 Å². The highest BCUT2D eigenvalue weighted by Gasteiger charge is 2.32. The fourth-order valence-corrected chi connectivity index (χ4v) is 3.11. The van der Waals surface area contributed by atoms with Gasteiger partial charge in [0, 0.05) is 24.9 Å². The number of carboxylic acid groups (broad SMARTS) is 1. The summed E-state index contributed by atoms with van der Waals surface area (Å²) in [5.41, 5.74) is 27.0. The normalized spacial score (nSPS) is 13.7. The van der Waals surface area contributed by atoms with Crippen LogP contribution < -0.4 is 44.6 Å². The van der Waals surface area contributed by atoms with Crippen molar-refractivity contribution in [3.63, 3.8) is 0 Å². The van der Waals surface area contributed by atoms with E-state index >= 15 is 0 Å². The lowest BCUT2D eigenvalue weighted by molar-refractivity contribution is -0.142. The standard InChI is InChI=1S/C20H33N11O7/c21-10(2-1-3-27-20(24)25)16(34)29-11(5-14(22)32)17(35)30-12(6-15(23)33)18(36)31-13(19(37)38)4-9-7-26-8-28-9/h7-8,10-13H,1-6,21H2,(H2,22,32)(H2,23,33)(H,26,28)(H,29,34)(H,30,35)(H,31,36)(H,37,38)(H4,24,25,27). The molecule has 0 saturated heterocycles. The molecule has 1 aromatic rings. The molecule has 0 aliphatic rings. The van der Waals surface area contributed by atoms with Gasteiger partial charge in [0.1, 0.15) is 18.1 Å². The third kappa shape index (κ3) is 11.8. The number of carbonyl (C=O) groups excluding carboxylic acids is 5. The smallest absolute Gasteiger partial charge is 0.326 e. The highest BCUT2D eigenvalue weighted by Crippen LogP contribution is 2.03. The summed E-state index contributed by atoms with van der Waals surface area (Å²) in [4.78, 5) is 82.9. The molecule has 1 rings (SSSR count). The van der Waals surface area contributed by atoms with E-state index in [0.717, 1.165) is 0 Å². The molecule has 0 saturated carbocycles. The van der Waals surface area contributed by atoms with Gasteiger partial charge < -0.3 is 54.7 Å². The predicted octanol–water partition coefficient (Wildman–Crippen LogP) is -5.38. The predicted molar refractivity (Wildman–Crippen MR) is 131 cm³/mol. The number of nitrogens with one attached hydrogen (secondary N) is 4. The number of hydrogen-bond acceptors (Lipinski definition) is 9. The summed E-state index contributed by atoms with van der Waals surface area (Å²) >= 11 is 0. The molecule has 5 amide bonds. The van der Waals surface area contributed by atoms with Crippen LogP contribution in [0.4, 0.5) is 0 Å². The van der Waals surface area contributed by atoms with Crippen LogP contribution in [0.25, 0.3) is 0 Å². The van der Waals surface area contributed by atoms with Gasteiger partial charge in [0.15, 0.2) is 5.96 Å². The number of aliphatic imine (C=N–C) groups is 1. The van der Waals surface area contributed by atoms with Crippen LogP contribution in [-0.2, 0) is 35.2 Å². The first-order valence-electron chi connectivity index (χ1n) is 11.3. The van der Waals surface area contributed by atoms with Gasteiger partial charge in [-0.2, -0.15) is 0 Å². The first-order valence-corrected chi connectivity index (χ1v) is 11.3. The number of aromatic nitrogens is 2. The Morgan fingerprint density at radius 1 is 0.895 bits per heavy atom. The third-order valence-corrected chi connectivity index (χ3v) is 4.97. The fraction of sp³-hybridized carbons (Fsp3) is 0.500. The molecule has 1 aromatic heterocycles. The molecular formula is C20H33N11O7. The molecule has 4 unspecified atom stereocenters. The molecule has 18 heteroatoms. The zero-order valence-electron chi connectivity index (χ0n) is 20.4. The Balaban J connectivity index is 2.93. The van der Waals surface area contributed by atoms with Crippen molar-refractivity contribution < 1.29 is 33.9 Å². The van der Waals surface area contributed by atoms with Crippen molar-refractivity contribution in [2.75, 3.05) is 6.54 Å². The summed E-state index contributed by atoms with van der Waals surface area (Å²) in [6, 6.07) is -5.75. The number of amides is 5. The number of carbonyl (C=O) groups is 6. The fourth-order valence-electron chi connectivity index (χ4n) is 3.11. The molecule has 0 aliphatic heterocycles. The largest absolute Gasteiger partial charge is 0.480 e. The van der Waals surface area contributed by atoms with Crippen molar-refractivity contribution in [3.8, 4) is 0 Å². The number of primary amides is 2. The van der Waals surface area contributed by atoms with Crippen molar-refractivity contribution in [1.82, 2.24) is 25.9 Å². The van der Waals surface area contributed by atoms with E-state index in [1.807, 2.05) is 0 Å². The van der Waals surface area contributed by atoms with E-state index in [2.05, 4.69) is 30.9 Å². The number of rotatable bonds is 17. The van der Waals surface area contributed by atoms with Gasteiger partial charge in [0.05, 0.1) is 25.2 Å². The monoisotopic (exact) mass is 539 g/mol. The van der Waals surface area contributed by atoms with E-state index in [-0.39, 0.29) is 25.3 Å². The van der Waals surface area contributed by atoms with Crippen molar-refractivity contribution in [3.05, 3.63) is 18.2 Å².